The summed E-state index contributed by atoms with van der Waals surface area (Å²) in [5, 5.41) is 10.4. The number of rotatable bonds is 10. The van der Waals surface area contributed by atoms with Gasteiger partial charge < -0.3 is 15.5 Å². The van der Waals surface area contributed by atoms with Gasteiger partial charge in [0.25, 0.3) is 0 Å². The van der Waals surface area contributed by atoms with Gasteiger partial charge in [-0.2, -0.15) is 10.2 Å². The van der Waals surface area contributed by atoms with Crippen LogP contribution in [0.1, 0.15) is 49.2 Å². The third kappa shape index (κ3) is 7.83. The van der Waals surface area contributed by atoms with Crippen molar-refractivity contribution in [3.8, 4) is 0 Å². The maximum absolute atomic E-state index is 11.6. The molecule has 0 aromatic heterocycles. The molecule has 0 saturated heterocycles. The fourth-order valence-electron chi connectivity index (χ4n) is 3.27. The van der Waals surface area contributed by atoms with Crippen LogP contribution in [0.3, 0.4) is 0 Å². The van der Waals surface area contributed by atoms with Crippen LogP contribution in [0.25, 0.3) is 0 Å². The maximum atomic E-state index is 11.6. The van der Waals surface area contributed by atoms with E-state index in [2.05, 4.69) is 21.1 Å². The molecule has 0 spiro atoms. The fourth-order valence-corrected chi connectivity index (χ4v) is 3.88. The van der Waals surface area contributed by atoms with Crippen molar-refractivity contribution in [2.75, 3.05) is 26.2 Å². The predicted molar refractivity (Wildman–Crippen MR) is 152 cm³/mol. The van der Waals surface area contributed by atoms with Crippen LogP contribution in [0.15, 0.2) is 64.8 Å². The number of hydrogen-bond acceptors (Lipinski definition) is 5. The lowest BCUT2D eigenvalue weighted by Gasteiger charge is -2.22. The molecule has 0 aliphatic carbocycles. The first-order valence-corrected chi connectivity index (χ1v) is 12.4. The Morgan fingerprint density at radius 3 is 1.46 bits per heavy atom. The van der Waals surface area contributed by atoms with Crippen LogP contribution in [0, 0.1) is 0 Å². The van der Waals surface area contributed by atoms with Gasteiger partial charge in [-0.3, -0.25) is 15.6 Å². The van der Waals surface area contributed by atoms with Crippen molar-refractivity contribution < 1.29 is 4.79 Å². The van der Waals surface area contributed by atoms with Gasteiger partial charge in [0, 0.05) is 42.9 Å². The van der Waals surface area contributed by atoms with Gasteiger partial charge in [0.05, 0.1) is 0 Å². The number of nitrogens with zero attached hydrogens (tertiary/aromatic N) is 4. The van der Waals surface area contributed by atoms with Crippen molar-refractivity contribution in [1.82, 2.24) is 20.7 Å². The van der Waals surface area contributed by atoms with Crippen molar-refractivity contribution >= 4 is 52.0 Å². The highest BCUT2D eigenvalue weighted by Gasteiger charge is 2.17. The van der Waals surface area contributed by atoms with Crippen LogP contribution in [-0.2, 0) is 0 Å². The molecule has 8 nitrogen and oxygen atoms in total. The van der Waals surface area contributed by atoms with Gasteiger partial charge in [0.2, 0.25) is 5.91 Å². The van der Waals surface area contributed by atoms with Crippen molar-refractivity contribution in [3.05, 3.63) is 71.3 Å². The highest BCUT2D eigenvalue weighted by molar-refractivity contribution is 7.80. The number of benzene rings is 2. The van der Waals surface area contributed by atoms with Gasteiger partial charge in [-0.05, 0) is 64.3 Å². The van der Waals surface area contributed by atoms with Crippen LogP contribution in [0.5, 0.6) is 0 Å². The lowest BCUT2D eigenvalue weighted by Crippen LogP contribution is -2.39. The lowest BCUT2D eigenvalue weighted by molar-refractivity contribution is 0.100. The smallest absolute Gasteiger partial charge is 0.248 e. The molecule has 0 unspecified atom stereocenters. The summed E-state index contributed by atoms with van der Waals surface area (Å²) in [6.07, 6.45) is 0. The predicted octanol–water partition coefficient (Wildman–Crippen LogP) is 3.33. The summed E-state index contributed by atoms with van der Waals surface area (Å²) in [5.41, 5.74) is 14.5. The monoisotopic (exact) mass is 511 g/mol. The molecule has 35 heavy (non-hydrogen) atoms. The van der Waals surface area contributed by atoms with Crippen molar-refractivity contribution in [2.45, 2.75) is 27.7 Å². The Bertz CT molecular complexity index is 1060. The Hall–Kier alpha value is -3.37. The van der Waals surface area contributed by atoms with Gasteiger partial charge in [0.15, 0.2) is 10.2 Å². The molecule has 0 atom stereocenters. The minimum Gasteiger partial charge on any atom is -0.366 e. The lowest BCUT2D eigenvalue weighted by atomic mass is 9.99. The molecule has 0 bridgehead atoms. The van der Waals surface area contributed by atoms with Crippen molar-refractivity contribution in [1.29, 1.82) is 0 Å². The van der Waals surface area contributed by atoms with E-state index < -0.39 is 5.91 Å². The van der Waals surface area contributed by atoms with E-state index in [1.165, 1.54) is 0 Å². The average molecular weight is 512 g/mol. The SMILES string of the molecule is CCN(CC)C(=S)N/N=C(/C(=N/NC(=S)N(CC)CC)c1ccc(C(N)=O)cc1)c1ccccc1. The Labute approximate surface area is 218 Å². The zero-order valence-corrected chi connectivity index (χ0v) is 22.2. The molecule has 0 heterocycles. The molecule has 2 aromatic rings. The number of hydrogen-bond donors (Lipinski definition) is 3. The summed E-state index contributed by atoms with van der Waals surface area (Å²) in [4.78, 5) is 15.6. The fraction of sp³-hybridized carbons (Fsp3) is 0.320. The van der Waals surface area contributed by atoms with Gasteiger partial charge >= 0.3 is 0 Å². The minimum absolute atomic E-state index is 0.402. The third-order valence-electron chi connectivity index (χ3n) is 5.34. The van der Waals surface area contributed by atoms with E-state index in [1.807, 2.05) is 67.8 Å². The first-order chi connectivity index (χ1) is 16.9. The quantitative estimate of drug-likeness (QED) is 0.256. The zero-order valence-electron chi connectivity index (χ0n) is 20.6. The number of primary amides is 1. The second kappa shape index (κ2) is 14.1. The number of carbonyl (C=O) groups excluding carboxylic acids is 1. The normalized spacial score (nSPS) is 11.5. The van der Waals surface area contributed by atoms with Crippen LogP contribution >= 0.6 is 24.4 Å². The summed E-state index contributed by atoms with van der Waals surface area (Å²) < 4.78 is 0. The molecule has 186 valence electrons. The van der Waals surface area contributed by atoms with Crippen LogP contribution < -0.4 is 16.6 Å². The maximum Gasteiger partial charge on any atom is 0.248 e. The van der Waals surface area contributed by atoms with Crippen LogP contribution in [0.2, 0.25) is 0 Å². The van der Waals surface area contributed by atoms with Gasteiger partial charge in [0.1, 0.15) is 11.4 Å². The molecule has 0 aliphatic heterocycles. The van der Waals surface area contributed by atoms with Crippen molar-refractivity contribution in [2.24, 2.45) is 15.9 Å². The first kappa shape index (κ1) is 27.9. The molecular formula is C25H33N7OS2. The van der Waals surface area contributed by atoms with E-state index in [4.69, 9.17) is 30.2 Å². The Morgan fingerprint density at radius 2 is 1.09 bits per heavy atom. The van der Waals surface area contributed by atoms with Gasteiger partial charge in [-0.15, -0.1) is 0 Å². The van der Waals surface area contributed by atoms with E-state index in [-0.39, 0.29) is 0 Å². The highest BCUT2D eigenvalue weighted by atomic mass is 32.1. The zero-order chi connectivity index (χ0) is 25.8. The summed E-state index contributed by atoms with van der Waals surface area (Å²) in [6, 6.07) is 16.5. The molecule has 1 amide bonds. The van der Waals surface area contributed by atoms with E-state index in [1.54, 1.807) is 24.3 Å². The molecule has 2 aromatic carbocycles. The number of carbonyl (C=O) groups is 1. The minimum atomic E-state index is -0.501. The number of nitrogens with two attached hydrogens (primary N) is 1. The number of nitrogens with one attached hydrogen (secondary N) is 2. The molecule has 10 heteroatoms. The van der Waals surface area contributed by atoms with Gasteiger partial charge in [-0.1, -0.05) is 42.5 Å². The van der Waals surface area contributed by atoms with E-state index in [9.17, 15) is 4.79 Å². The summed E-state index contributed by atoms with van der Waals surface area (Å²) >= 11 is 11.1. The molecule has 0 saturated carbocycles. The number of hydrazone groups is 2. The van der Waals surface area contributed by atoms with E-state index in [0.29, 0.717) is 27.2 Å². The molecule has 4 N–H and O–H groups in total. The first-order valence-electron chi connectivity index (χ1n) is 11.6. The molecule has 0 fully saturated rings. The van der Waals surface area contributed by atoms with Crippen LogP contribution in [-0.4, -0.2) is 63.5 Å². The van der Waals surface area contributed by atoms with Gasteiger partial charge in [-0.25, -0.2) is 0 Å². The summed E-state index contributed by atoms with van der Waals surface area (Å²) in [7, 11) is 0. The van der Waals surface area contributed by atoms with E-state index in [0.717, 1.165) is 37.3 Å². The Kier molecular flexibility index (Phi) is 11.2. The topological polar surface area (TPSA) is 98.3 Å². The largest absolute Gasteiger partial charge is 0.366 e. The standard InChI is InChI=1S/C25H33N7OS2/c1-5-31(6-2)24(34)29-27-21(18-12-10-9-11-13-18)22(28-30-25(35)32(7-3)8-4)19-14-16-20(17-15-19)23(26)33/h9-17H,5-8H2,1-4H3,(H2,26,33)(H,29,34)(H,30,35)/b27-21+,28-22+. The van der Waals surface area contributed by atoms with Crippen molar-refractivity contribution in [3.63, 3.8) is 0 Å². The summed E-state index contributed by atoms with van der Waals surface area (Å²) in [6.45, 7) is 11.1. The Balaban J connectivity index is 2.60. The Morgan fingerprint density at radius 1 is 0.714 bits per heavy atom. The average Bonchev–Trinajstić information content (AvgIpc) is 2.88. The highest BCUT2D eigenvalue weighted by Crippen LogP contribution is 2.12. The summed E-state index contributed by atoms with van der Waals surface area (Å²) in [5.74, 6) is -0.501. The van der Waals surface area contributed by atoms with Crippen LogP contribution in [0.4, 0.5) is 0 Å². The molecule has 2 rings (SSSR count). The van der Waals surface area contributed by atoms with E-state index >= 15 is 0 Å². The molecular weight excluding hydrogens is 478 g/mol. The second-order valence-corrected chi connectivity index (χ2v) is 8.18. The molecule has 0 aliphatic rings. The third-order valence-corrected chi connectivity index (χ3v) is 6.04. The molecule has 0 radical (unpaired) electrons. The second-order valence-electron chi connectivity index (χ2n) is 7.41. The number of thiocarbonyl (C=S) groups is 2. The number of amides is 1.